The zero-order chi connectivity index (χ0) is 22.5. The molecule has 1 aliphatic rings. The number of rotatable bonds is 2. The number of benzene rings is 1. The van der Waals surface area contributed by atoms with Gasteiger partial charge in [-0.25, -0.2) is 9.78 Å². The number of nitrogens with two attached hydrogens (primary N) is 2. The number of anilines is 1. The largest absolute Gasteiger partial charge is 0.493 e. The lowest BCUT2D eigenvalue weighted by Crippen LogP contribution is -2.60. The van der Waals surface area contributed by atoms with E-state index in [2.05, 4.69) is 15.9 Å². The summed E-state index contributed by atoms with van der Waals surface area (Å²) in [5, 5.41) is 0.658. The van der Waals surface area contributed by atoms with Gasteiger partial charge in [-0.1, -0.05) is 12.1 Å². The Morgan fingerprint density at radius 1 is 1.10 bits per heavy atom. The number of hydroxylamine groups is 1. The highest BCUT2D eigenvalue weighted by Gasteiger charge is 2.46. The van der Waals surface area contributed by atoms with Crippen LogP contribution in [0.3, 0.4) is 0 Å². The highest BCUT2D eigenvalue weighted by Crippen LogP contribution is 2.37. The Morgan fingerprint density at radius 2 is 1.67 bits per heavy atom. The Balaban J connectivity index is 2.18. The zero-order valence-corrected chi connectivity index (χ0v) is 17.3. The van der Waals surface area contributed by atoms with Crippen LogP contribution in [-0.2, 0) is 9.63 Å². The van der Waals surface area contributed by atoms with E-state index in [-0.39, 0.29) is 5.82 Å². The van der Waals surface area contributed by atoms with E-state index in [9.17, 15) is 18.0 Å². The van der Waals surface area contributed by atoms with E-state index in [0.29, 0.717) is 16.3 Å². The van der Waals surface area contributed by atoms with Gasteiger partial charge in [0, 0.05) is 11.1 Å². The summed E-state index contributed by atoms with van der Waals surface area (Å²) in [7, 11) is 1.51. The molecule has 0 fully saturated rings. The fourth-order valence-electron chi connectivity index (χ4n) is 3.52. The van der Waals surface area contributed by atoms with Gasteiger partial charge in [0.15, 0.2) is 12.1 Å². The van der Waals surface area contributed by atoms with Crippen molar-refractivity contribution in [2.45, 2.75) is 46.3 Å². The van der Waals surface area contributed by atoms with Crippen LogP contribution in [0.1, 0.15) is 34.0 Å². The maximum absolute atomic E-state index is 12.8. The van der Waals surface area contributed by atoms with Crippen molar-refractivity contribution < 1.29 is 22.8 Å². The van der Waals surface area contributed by atoms with Crippen molar-refractivity contribution >= 4 is 11.8 Å². The van der Waals surface area contributed by atoms with Gasteiger partial charge in [-0.15, -0.1) is 0 Å². The molecule has 2 aromatic rings. The molecule has 7 nitrogen and oxygen atoms in total. The number of hydrogen-bond donors (Lipinski definition) is 2. The van der Waals surface area contributed by atoms with E-state index < -0.39 is 24.6 Å². The molecule has 4 N–H and O–H groups in total. The van der Waals surface area contributed by atoms with Crippen LogP contribution in [0.5, 0.6) is 0 Å². The fraction of sp³-hybridized carbons (Fsp3) is 0.400. The predicted octanol–water partition coefficient (Wildman–Crippen LogP) is 2.95. The number of fused-ring (bicyclic) bond motifs is 1. The van der Waals surface area contributed by atoms with Gasteiger partial charge in [-0.05, 0) is 63.1 Å². The molecule has 162 valence electrons. The molecule has 2 unspecified atom stereocenters. The van der Waals surface area contributed by atoms with E-state index >= 15 is 0 Å². The number of halogens is 3. The lowest BCUT2D eigenvalue weighted by atomic mass is 9.91. The molecule has 30 heavy (non-hydrogen) atoms. The van der Waals surface area contributed by atoms with Crippen molar-refractivity contribution in [2.75, 3.05) is 12.1 Å². The van der Waals surface area contributed by atoms with Gasteiger partial charge in [0.2, 0.25) is 0 Å². The molecule has 2 heterocycles. The first-order valence-electron chi connectivity index (χ1n) is 9.24. The molecule has 0 saturated heterocycles. The summed E-state index contributed by atoms with van der Waals surface area (Å²) in [6.45, 7) is 7.85. The summed E-state index contributed by atoms with van der Waals surface area (Å²) in [4.78, 5) is 22.0. The average Bonchev–Trinajstić information content (AvgIpc) is 2.67. The van der Waals surface area contributed by atoms with E-state index in [4.69, 9.17) is 11.5 Å². The van der Waals surface area contributed by atoms with E-state index in [1.807, 2.05) is 27.7 Å². The van der Waals surface area contributed by atoms with Crippen LogP contribution in [0, 0.1) is 27.7 Å². The number of aryl methyl sites for hydroxylation is 2. The third-order valence-electron chi connectivity index (χ3n) is 5.56. The standard InChI is InChI=1S/C20H24F3N5O2/c1-9-8-10(2)12(4)15(11(9)3)14-7-6-13-16(24)27(5)19(25)28(17(13)26-14)30-18(29)20(21,22)23/h6-8,16,19H,24-25H2,1-5H3. The molecule has 0 saturated carbocycles. The fourth-order valence-corrected chi connectivity index (χ4v) is 3.52. The molecule has 0 bridgehead atoms. The summed E-state index contributed by atoms with van der Waals surface area (Å²) < 4.78 is 38.5. The second-order valence-electron chi connectivity index (χ2n) is 7.47. The maximum atomic E-state index is 12.8. The molecule has 1 aliphatic heterocycles. The van der Waals surface area contributed by atoms with Gasteiger partial charge in [0.05, 0.1) is 11.9 Å². The van der Waals surface area contributed by atoms with E-state index in [1.165, 1.54) is 11.9 Å². The van der Waals surface area contributed by atoms with Crippen LogP contribution in [0.25, 0.3) is 11.3 Å². The molecular weight excluding hydrogens is 399 g/mol. The van der Waals surface area contributed by atoms with Crippen molar-refractivity contribution in [3.8, 4) is 11.3 Å². The van der Waals surface area contributed by atoms with E-state index in [1.54, 1.807) is 12.1 Å². The van der Waals surface area contributed by atoms with Crippen molar-refractivity contribution in [3.63, 3.8) is 0 Å². The SMILES string of the molecule is Cc1cc(C)c(C)c(-c2ccc3c(n2)N(OC(=O)C(F)(F)F)C(N)N(C)C3N)c1C. The number of carbonyl (C=O) groups excluding carboxylic acids is 1. The van der Waals surface area contributed by atoms with Gasteiger partial charge in [0.25, 0.3) is 0 Å². The molecule has 0 radical (unpaired) electrons. The number of hydrogen-bond acceptors (Lipinski definition) is 7. The highest BCUT2D eigenvalue weighted by molar-refractivity contribution is 5.77. The van der Waals surface area contributed by atoms with Crippen LogP contribution < -0.4 is 16.5 Å². The van der Waals surface area contributed by atoms with Crippen LogP contribution in [0.4, 0.5) is 19.0 Å². The molecule has 1 aromatic carbocycles. The molecule has 0 aliphatic carbocycles. The quantitative estimate of drug-likeness (QED) is 0.766. The maximum Gasteiger partial charge on any atom is 0.493 e. The van der Waals surface area contributed by atoms with Crippen LogP contribution >= 0.6 is 0 Å². The Kier molecular flexibility index (Phi) is 5.52. The normalized spacial score (nSPS) is 19.6. The van der Waals surface area contributed by atoms with Gasteiger partial charge in [0.1, 0.15) is 0 Å². The molecule has 2 atom stereocenters. The molecular formula is C20H24F3N5O2. The van der Waals surface area contributed by atoms with Gasteiger partial charge in [-0.3, -0.25) is 10.6 Å². The van der Waals surface area contributed by atoms with Gasteiger partial charge >= 0.3 is 12.1 Å². The summed E-state index contributed by atoms with van der Waals surface area (Å²) >= 11 is 0. The van der Waals surface area contributed by atoms with Crippen molar-refractivity contribution in [1.29, 1.82) is 0 Å². The van der Waals surface area contributed by atoms with E-state index in [0.717, 1.165) is 27.8 Å². The van der Waals surface area contributed by atoms with Gasteiger partial charge in [-0.2, -0.15) is 18.2 Å². The summed E-state index contributed by atoms with van der Waals surface area (Å²) in [5.41, 5.74) is 18.0. The minimum Gasteiger partial charge on any atom is -0.328 e. The first-order valence-corrected chi connectivity index (χ1v) is 9.24. The number of pyridine rings is 1. The second kappa shape index (κ2) is 7.53. The molecule has 1 aromatic heterocycles. The minimum atomic E-state index is -5.18. The summed E-state index contributed by atoms with van der Waals surface area (Å²) in [6, 6.07) is 5.47. The van der Waals surface area contributed by atoms with Gasteiger partial charge < -0.3 is 10.6 Å². The highest BCUT2D eigenvalue weighted by atomic mass is 19.4. The monoisotopic (exact) mass is 423 g/mol. The average molecular weight is 423 g/mol. The van der Waals surface area contributed by atoms with Crippen LogP contribution in [-0.4, -0.2) is 35.4 Å². The topological polar surface area (TPSA) is 97.7 Å². The third-order valence-corrected chi connectivity index (χ3v) is 5.56. The molecule has 0 spiro atoms. The Labute approximate surface area is 172 Å². The smallest absolute Gasteiger partial charge is 0.328 e. The minimum absolute atomic E-state index is 0.0267. The predicted molar refractivity (Wildman–Crippen MR) is 106 cm³/mol. The summed E-state index contributed by atoms with van der Waals surface area (Å²) in [5.74, 6) is -2.42. The van der Waals surface area contributed by atoms with Crippen molar-refractivity contribution in [2.24, 2.45) is 11.5 Å². The van der Waals surface area contributed by atoms with Crippen molar-refractivity contribution in [3.05, 3.63) is 46.0 Å². The lowest BCUT2D eigenvalue weighted by Gasteiger charge is -2.42. The lowest BCUT2D eigenvalue weighted by molar-refractivity contribution is -0.204. The number of carbonyl (C=O) groups is 1. The molecule has 10 heteroatoms. The first kappa shape index (κ1) is 22.0. The Morgan fingerprint density at radius 3 is 2.20 bits per heavy atom. The Hall–Kier alpha value is -2.69. The van der Waals surface area contributed by atoms with Crippen LogP contribution in [0.2, 0.25) is 0 Å². The molecule has 0 amide bonds. The Bertz CT molecular complexity index is 983. The number of alkyl halides is 3. The summed E-state index contributed by atoms with van der Waals surface area (Å²) in [6.07, 6.45) is -7.17. The van der Waals surface area contributed by atoms with Crippen LogP contribution in [0.15, 0.2) is 18.2 Å². The number of aromatic nitrogens is 1. The number of nitrogens with zero attached hydrogens (tertiary/aromatic N) is 3. The zero-order valence-electron chi connectivity index (χ0n) is 17.3. The van der Waals surface area contributed by atoms with Crippen molar-refractivity contribution in [1.82, 2.24) is 9.88 Å². The molecule has 3 rings (SSSR count). The second-order valence-corrected chi connectivity index (χ2v) is 7.47. The third kappa shape index (κ3) is 3.62. The first-order chi connectivity index (χ1) is 13.8.